The Morgan fingerprint density at radius 2 is 2.00 bits per heavy atom. The van der Waals surface area contributed by atoms with E-state index in [0.717, 1.165) is 6.42 Å². The van der Waals surface area contributed by atoms with Gasteiger partial charge in [-0.3, -0.25) is 9.59 Å². The van der Waals surface area contributed by atoms with Gasteiger partial charge in [0.25, 0.3) is 0 Å². The Labute approximate surface area is 114 Å². The van der Waals surface area contributed by atoms with E-state index < -0.39 is 5.91 Å². The van der Waals surface area contributed by atoms with Crippen molar-refractivity contribution in [3.05, 3.63) is 0 Å². The first kappa shape index (κ1) is 14.3. The Hall–Kier alpha value is -1.10. The molecule has 1 aliphatic heterocycles. The van der Waals surface area contributed by atoms with Gasteiger partial charge in [-0.05, 0) is 39.0 Å². The van der Waals surface area contributed by atoms with E-state index in [0.29, 0.717) is 12.0 Å². The van der Waals surface area contributed by atoms with E-state index in [2.05, 4.69) is 5.32 Å². The lowest BCUT2D eigenvalue weighted by Crippen LogP contribution is -2.50. The SMILES string of the molecule is CC(C)N(CC(N)=O)C(=O)C1CC2CCCCC2N1. The van der Waals surface area contributed by atoms with Crippen LogP contribution in [-0.2, 0) is 9.59 Å². The third-order valence-corrected chi connectivity index (χ3v) is 4.39. The molecule has 3 atom stereocenters. The standard InChI is InChI=1S/C14H25N3O2/c1-9(2)17(8-13(15)18)14(19)12-7-10-5-3-4-6-11(10)16-12/h9-12,16H,3-8H2,1-2H3,(H2,15,18). The Kier molecular flexibility index (Phi) is 4.45. The van der Waals surface area contributed by atoms with Crippen molar-refractivity contribution in [1.82, 2.24) is 10.2 Å². The zero-order valence-corrected chi connectivity index (χ0v) is 11.9. The number of amides is 2. The molecule has 2 amide bonds. The third kappa shape index (κ3) is 3.26. The number of hydrogen-bond acceptors (Lipinski definition) is 3. The van der Waals surface area contributed by atoms with Crippen LogP contribution in [0.3, 0.4) is 0 Å². The van der Waals surface area contributed by atoms with E-state index in [1.54, 1.807) is 4.90 Å². The Bertz CT molecular complexity index is 343. The largest absolute Gasteiger partial charge is 0.368 e. The Morgan fingerprint density at radius 3 is 2.58 bits per heavy atom. The number of carbonyl (C=O) groups is 2. The fourth-order valence-corrected chi connectivity index (χ4v) is 3.39. The van der Waals surface area contributed by atoms with Gasteiger partial charge < -0.3 is 16.0 Å². The molecule has 2 fully saturated rings. The molecule has 2 rings (SSSR count). The van der Waals surface area contributed by atoms with Gasteiger partial charge in [0.1, 0.15) is 0 Å². The van der Waals surface area contributed by atoms with Crippen molar-refractivity contribution in [2.75, 3.05) is 6.54 Å². The van der Waals surface area contributed by atoms with Crippen LogP contribution in [0.2, 0.25) is 0 Å². The molecule has 0 radical (unpaired) electrons. The first-order chi connectivity index (χ1) is 8.99. The highest BCUT2D eigenvalue weighted by Crippen LogP contribution is 2.33. The molecule has 1 saturated carbocycles. The van der Waals surface area contributed by atoms with Gasteiger partial charge >= 0.3 is 0 Å². The quantitative estimate of drug-likeness (QED) is 0.784. The van der Waals surface area contributed by atoms with Gasteiger partial charge in [-0.25, -0.2) is 0 Å². The van der Waals surface area contributed by atoms with Crippen LogP contribution >= 0.6 is 0 Å². The van der Waals surface area contributed by atoms with Gasteiger partial charge in [-0.15, -0.1) is 0 Å². The molecule has 1 saturated heterocycles. The van der Waals surface area contributed by atoms with E-state index in [1.165, 1.54) is 25.7 Å². The van der Waals surface area contributed by atoms with E-state index >= 15 is 0 Å². The molecule has 1 heterocycles. The second-order valence-corrected chi connectivity index (χ2v) is 6.13. The molecular formula is C14H25N3O2. The molecule has 108 valence electrons. The number of fused-ring (bicyclic) bond motifs is 1. The average Bonchev–Trinajstić information content (AvgIpc) is 2.78. The van der Waals surface area contributed by atoms with Crippen LogP contribution in [0.1, 0.15) is 46.0 Å². The van der Waals surface area contributed by atoms with Crippen molar-refractivity contribution < 1.29 is 9.59 Å². The van der Waals surface area contributed by atoms with Crippen LogP contribution in [-0.4, -0.2) is 41.4 Å². The summed E-state index contributed by atoms with van der Waals surface area (Å²) < 4.78 is 0. The maximum absolute atomic E-state index is 12.5. The summed E-state index contributed by atoms with van der Waals surface area (Å²) in [5.74, 6) is 0.214. The van der Waals surface area contributed by atoms with Gasteiger partial charge in [0.05, 0.1) is 12.6 Å². The molecule has 0 aromatic rings. The topological polar surface area (TPSA) is 75.4 Å². The van der Waals surface area contributed by atoms with Gasteiger partial charge in [0.15, 0.2) is 0 Å². The lowest BCUT2D eigenvalue weighted by Gasteiger charge is -2.28. The highest BCUT2D eigenvalue weighted by Gasteiger charge is 2.40. The van der Waals surface area contributed by atoms with Crippen molar-refractivity contribution in [2.24, 2.45) is 11.7 Å². The summed E-state index contributed by atoms with van der Waals surface area (Å²) in [6, 6.07) is 0.365. The van der Waals surface area contributed by atoms with Crippen LogP contribution < -0.4 is 11.1 Å². The summed E-state index contributed by atoms with van der Waals surface area (Å²) in [6.07, 6.45) is 5.83. The van der Waals surface area contributed by atoms with Gasteiger partial charge in [0, 0.05) is 12.1 Å². The van der Waals surface area contributed by atoms with Crippen LogP contribution in [0, 0.1) is 5.92 Å². The van der Waals surface area contributed by atoms with Gasteiger partial charge in [-0.1, -0.05) is 12.8 Å². The second kappa shape index (κ2) is 5.90. The summed E-state index contributed by atoms with van der Waals surface area (Å²) in [6.45, 7) is 3.86. The molecule has 0 aromatic heterocycles. The number of nitrogens with zero attached hydrogens (tertiary/aromatic N) is 1. The van der Waals surface area contributed by atoms with Crippen LogP contribution in [0.25, 0.3) is 0 Å². The smallest absolute Gasteiger partial charge is 0.240 e. The molecular weight excluding hydrogens is 242 g/mol. The molecule has 0 spiro atoms. The predicted octanol–water partition coefficient (Wildman–Crippen LogP) is 0.629. The van der Waals surface area contributed by atoms with Crippen molar-refractivity contribution in [2.45, 2.75) is 64.1 Å². The summed E-state index contributed by atoms with van der Waals surface area (Å²) in [7, 11) is 0. The van der Waals surface area contributed by atoms with E-state index in [4.69, 9.17) is 5.73 Å². The average molecular weight is 267 g/mol. The third-order valence-electron chi connectivity index (χ3n) is 4.39. The number of rotatable bonds is 4. The molecule has 1 aliphatic carbocycles. The van der Waals surface area contributed by atoms with E-state index in [-0.39, 0.29) is 24.5 Å². The summed E-state index contributed by atoms with van der Waals surface area (Å²) in [5.41, 5.74) is 5.23. The molecule has 5 heteroatoms. The maximum Gasteiger partial charge on any atom is 0.240 e. The van der Waals surface area contributed by atoms with Crippen molar-refractivity contribution in [3.63, 3.8) is 0 Å². The normalized spacial score (nSPS) is 30.2. The Balaban J connectivity index is 2.00. The highest BCUT2D eigenvalue weighted by atomic mass is 16.2. The van der Waals surface area contributed by atoms with E-state index in [9.17, 15) is 9.59 Å². The van der Waals surface area contributed by atoms with Crippen LogP contribution in [0.5, 0.6) is 0 Å². The van der Waals surface area contributed by atoms with Crippen LogP contribution in [0.4, 0.5) is 0 Å². The Morgan fingerprint density at radius 1 is 1.32 bits per heavy atom. The molecule has 19 heavy (non-hydrogen) atoms. The molecule has 0 bridgehead atoms. The summed E-state index contributed by atoms with van der Waals surface area (Å²) in [4.78, 5) is 25.2. The van der Waals surface area contributed by atoms with Gasteiger partial charge in [0.2, 0.25) is 11.8 Å². The predicted molar refractivity (Wildman–Crippen MR) is 73.3 cm³/mol. The molecule has 0 aromatic carbocycles. The molecule has 3 unspecified atom stereocenters. The number of primary amides is 1. The van der Waals surface area contributed by atoms with Crippen LogP contribution in [0.15, 0.2) is 0 Å². The van der Waals surface area contributed by atoms with Crippen molar-refractivity contribution >= 4 is 11.8 Å². The van der Waals surface area contributed by atoms with Gasteiger partial charge in [-0.2, -0.15) is 0 Å². The molecule has 2 aliphatic rings. The fourth-order valence-electron chi connectivity index (χ4n) is 3.39. The van der Waals surface area contributed by atoms with E-state index in [1.807, 2.05) is 13.8 Å². The van der Waals surface area contributed by atoms with Crippen molar-refractivity contribution in [3.8, 4) is 0 Å². The summed E-state index contributed by atoms with van der Waals surface area (Å²) in [5, 5.41) is 3.46. The maximum atomic E-state index is 12.5. The number of hydrogen-bond donors (Lipinski definition) is 2. The first-order valence-electron chi connectivity index (χ1n) is 7.34. The molecule has 3 N–H and O–H groups in total. The summed E-state index contributed by atoms with van der Waals surface area (Å²) >= 11 is 0. The second-order valence-electron chi connectivity index (χ2n) is 6.13. The zero-order chi connectivity index (χ0) is 14.0. The monoisotopic (exact) mass is 267 g/mol. The zero-order valence-electron chi connectivity index (χ0n) is 11.9. The first-order valence-corrected chi connectivity index (χ1v) is 7.34. The number of nitrogens with two attached hydrogens (primary N) is 1. The minimum atomic E-state index is -0.447. The molecule has 5 nitrogen and oxygen atoms in total. The fraction of sp³-hybridized carbons (Fsp3) is 0.857. The highest BCUT2D eigenvalue weighted by molar-refractivity contribution is 5.87. The minimum absolute atomic E-state index is 0.00410. The number of carbonyl (C=O) groups excluding carboxylic acids is 2. The lowest BCUT2D eigenvalue weighted by molar-refractivity contribution is -0.138. The minimum Gasteiger partial charge on any atom is -0.368 e. The van der Waals surface area contributed by atoms with Crippen molar-refractivity contribution in [1.29, 1.82) is 0 Å². The number of nitrogens with one attached hydrogen (secondary N) is 1. The lowest BCUT2D eigenvalue weighted by atomic mass is 9.85.